The molecule has 98 valence electrons. The third kappa shape index (κ3) is 3.01. The molecule has 0 saturated heterocycles. The molecule has 0 unspecified atom stereocenters. The van der Waals surface area contributed by atoms with E-state index in [2.05, 4.69) is 26.2 Å². The molecule has 1 N–H and O–H groups in total. The molecule has 0 radical (unpaired) electrons. The van der Waals surface area contributed by atoms with Gasteiger partial charge in [0.2, 0.25) is 0 Å². The zero-order valence-electron chi connectivity index (χ0n) is 11.1. The highest BCUT2D eigenvalue weighted by molar-refractivity contribution is 9.10. The number of aryl methyl sites for hydroxylation is 3. The maximum absolute atomic E-state index is 12.3. The van der Waals surface area contributed by atoms with Crippen molar-refractivity contribution in [2.75, 3.05) is 5.32 Å². The summed E-state index contributed by atoms with van der Waals surface area (Å²) < 4.78 is 0.789. The second-order valence-corrected chi connectivity index (χ2v) is 5.30. The van der Waals surface area contributed by atoms with Gasteiger partial charge in [-0.2, -0.15) is 0 Å². The molecule has 0 aliphatic carbocycles. The summed E-state index contributed by atoms with van der Waals surface area (Å²) in [6.07, 6.45) is 1.64. The largest absolute Gasteiger partial charge is 0.321 e. The first-order valence-electron chi connectivity index (χ1n) is 5.98. The van der Waals surface area contributed by atoms with E-state index in [1.165, 1.54) is 0 Å². The number of aromatic nitrogens is 1. The lowest BCUT2D eigenvalue weighted by Crippen LogP contribution is -2.15. The van der Waals surface area contributed by atoms with Crippen LogP contribution < -0.4 is 5.32 Å². The van der Waals surface area contributed by atoms with E-state index in [0.717, 1.165) is 26.9 Å². The fourth-order valence-electron chi connectivity index (χ4n) is 1.99. The second kappa shape index (κ2) is 5.53. The smallest absolute Gasteiger partial charge is 0.256 e. The monoisotopic (exact) mass is 318 g/mol. The third-order valence-corrected chi connectivity index (χ3v) is 3.81. The van der Waals surface area contributed by atoms with Gasteiger partial charge in [0.1, 0.15) is 4.60 Å². The summed E-state index contributed by atoms with van der Waals surface area (Å²) >= 11 is 3.34. The number of hydrogen-bond donors (Lipinski definition) is 1. The highest BCUT2D eigenvalue weighted by Gasteiger charge is 2.12. The average molecular weight is 319 g/mol. The van der Waals surface area contributed by atoms with Crippen LogP contribution in [0, 0.1) is 20.8 Å². The Morgan fingerprint density at radius 3 is 2.37 bits per heavy atom. The summed E-state index contributed by atoms with van der Waals surface area (Å²) in [4.78, 5) is 16.5. The molecule has 1 heterocycles. The van der Waals surface area contributed by atoms with Crippen molar-refractivity contribution in [2.24, 2.45) is 0 Å². The lowest BCUT2D eigenvalue weighted by Gasteiger charge is -2.10. The van der Waals surface area contributed by atoms with Crippen LogP contribution in [0.1, 0.15) is 27.0 Å². The molecule has 0 spiro atoms. The van der Waals surface area contributed by atoms with Gasteiger partial charge in [-0.3, -0.25) is 4.79 Å². The lowest BCUT2D eigenvalue weighted by molar-refractivity contribution is 0.102. The molecule has 0 fully saturated rings. The first-order valence-corrected chi connectivity index (χ1v) is 6.78. The number of pyridine rings is 1. The minimum Gasteiger partial charge on any atom is -0.321 e. The Morgan fingerprint density at radius 2 is 1.79 bits per heavy atom. The van der Waals surface area contributed by atoms with Crippen LogP contribution in [0.3, 0.4) is 0 Å². The summed E-state index contributed by atoms with van der Waals surface area (Å²) in [5, 5.41) is 2.89. The number of hydrogen-bond acceptors (Lipinski definition) is 2. The van der Waals surface area contributed by atoms with Gasteiger partial charge in [0.15, 0.2) is 0 Å². The molecule has 1 aromatic carbocycles. The molecule has 2 aromatic rings. The zero-order valence-corrected chi connectivity index (χ0v) is 12.7. The van der Waals surface area contributed by atoms with Crippen LogP contribution >= 0.6 is 15.9 Å². The molecular weight excluding hydrogens is 304 g/mol. The predicted octanol–water partition coefficient (Wildman–Crippen LogP) is 4.02. The van der Waals surface area contributed by atoms with E-state index in [1.54, 1.807) is 6.20 Å². The number of amides is 1. The Labute approximate surface area is 121 Å². The molecule has 0 atom stereocenters. The van der Waals surface area contributed by atoms with Crippen LogP contribution in [0.25, 0.3) is 0 Å². The van der Waals surface area contributed by atoms with Gasteiger partial charge < -0.3 is 5.32 Å². The minimum absolute atomic E-state index is 0.0980. The van der Waals surface area contributed by atoms with Crippen LogP contribution in [0.5, 0.6) is 0 Å². The Kier molecular flexibility index (Phi) is 4.00. The van der Waals surface area contributed by atoms with E-state index < -0.39 is 0 Å². The SMILES string of the molecule is Cc1cc(NC(=O)c2c(C)cccc2C)cnc1Br. The first-order chi connectivity index (χ1) is 8.99. The van der Waals surface area contributed by atoms with Crippen LogP contribution in [0.2, 0.25) is 0 Å². The topological polar surface area (TPSA) is 42.0 Å². The average Bonchev–Trinajstić information content (AvgIpc) is 2.33. The highest BCUT2D eigenvalue weighted by Crippen LogP contribution is 2.19. The molecule has 1 amide bonds. The predicted molar refractivity (Wildman–Crippen MR) is 80.5 cm³/mol. The molecule has 0 saturated carbocycles. The van der Waals surface area contributed by atoms with Crippen LogP contribution in [-0.4, -0.2) is 10.9 Å². The Bertz CT molecular complexity index is 618. The normalized spacial score (nSPS) is 10.3. The van der Waals surface area contributed by atoms with Crippen molar-refractivity contribution in [3.63, 3.8) is 0 Å². The quantitative estimate of drug-likeness (QED) is 0.850. The van der Waals surface area contributed by atoms with Gasteiger partial charge in [-0.1, -0.05) is 18.2 Å². The van der Waals surface area contributed by atoms with Gasteiger partial charge in [0.25, 0.3) is 5.91 Å². The van der Waals surface area contributed by atoms with Gasteiger partial charge in [0, 0.05) is 5.56 Å². The Hall–Kier alpha value is -1.68. The van der Waals surface area contributed by atoms with Gasteiger partial charge in [-0.05, 0) is 59.5 Å². The summed E-state index contributed by atoms with van der Waals surface area (Å²) in [6, 6.07) is 7.72. The van der Waals surface area contributed by atoms with Gasteiger partial charge in [-0.15, -0.1) is 0 Å². The number of carbonyl (C=O) groups is 1. The van der Waals surface area contributed by atoms with E-state index in [0.29, 0.717) is 5.69 Å². The molecule has 3 nitrogen and oxygen atoms in total. The molecule has 0 bridgehead atoms. The Balaban J connectivity index is 2.28. The molecule has 0 aliphatic rings. The van der Waals surface area contributed by atoms with Crippen molar-refractivity contribution in [3.05, 3.63) is 57.3 Å². The lowest BCUT2D eigenvalue weighted by atomic mass is 10.0. The number of halogens is 1. The second-order valence-electron chi connectivity index (χ2n) is 4.55. The van der Waals surface area contributed by atoms with E-state index in [-0.39, 0.29) is 5.91 Å². The van der Waals surface area contributed by atoms with Gasteiger partial charge in [-0.25, -0.2) is 4.98 Å². The minimum atomic E-state index is -0.0980. The molecule has 4 heteroatoms. The molecule has 0 aliphatic heterocycles. The summed E-state index contributed by atoms with van der Waals surface area (Å²) in [7, 11) is 0. The van der Waals surface area contributed by atoms with E-state index >= 15 is 0 Å². The van der Waals surface area contributed by atoms with Crippen LogP contribution in [0.4, 0.5) is 5.69 Å². The van der Waals surface area contributed by atoms with Crippen molar-refractivity contribution in [2.45, 2.75) is 20.8 Å². The highest BCUT2D eigenvalue weighted by atomic mass is 79.9. The number of anilines is 1. The van der Waals surface area contributed by atoms with Crippen LogP contribution in [-0.2, 0) is 0 Å². The molecule has 2 rings (SSSR count). The fraction of sp³-hybridized carbons (Fsp3) is 0.200. The third-order valence-electron chi connectivity index (χ3n) is 2.98. The number of carbonyl (C=O) groups excluding carboxylic acids is 1. The summed E-state index contributed by atoms with van der Waals surface area (Å²) in [6.45, 7) is 5.81. The van der Waals surface area contributed by atoms with Crippen molar-refractivity contribution < 1.29 is 4.79 Å². The fourth-order valence-corrected chi connectivity index (χ4v) is 2.21. The van der Waals surface area contributed by atoms with Gasteiger partial charge >= 0.3 is 0 Å². The van der Waals surface area contributed by atoms with Crippen molar-refractivity contribution in [1.29, 1.82) is 0 Å². The molecule has 1 aromatic heterocycles. The van der Waals surface area contributed by atoms with E-state index in [4.69, 9.17) is 0 Å². The van der Waals surface area contributed by atoms with E-state index in [9.17, 15) is 4.79 Å². The number of nitrogens with one attached hydrogen (secondary N) is 1. The molecular formula is C15H15BrN2O. The Morgan fingerprint density at radius 1 is 1.16 bits per heavy atom. The summed E-state index contributed by atoms with van der Waals surface area (Å²) in [5.41, 5.74) is 4.36. The number of rotatable bonds is 2. The first kappa shape index (κ1) is 13.7. The number of benzene rings is 1. The summed E-state index contributed by atoms with van der Waals surface area (Å²) in [5.74, 6) is -0.0980. The van der Waals surface area contributed by atoms with Crippen molar-refractivity contribution in [1.82, 2.24) is 4.98 Å². The zero-order chi connectivity index (χ0) is 14.0. The van der Waals surface area contributed by atoms with Crippen LogP contribution in [0.15, 0.2) is 35.1 Å². The van der Waals surface area contributed by atoms with Gasteiger partial charge in [0.05, 0.1) is 11.9 Å². The molecule has 19 heavy (non-hydrogen) atoms. The standard InChI is InChI=1S/C15H15BrN2O/c1-9-5-4-6-10(2)13(9)15(19)18-12-7-11(3)14(16)17-8-12/h4-8H,1-3H3,(H,18,19). The maximum Gasteiger partial charge on any atom is 0.256 e. The maximum atomic E-state index is 12.3. The van der Waals surface area contributed by atoms with E-state index in [1.807, 2.05) is 45.0 Å². The van der Waals surface area contributed by atoms with Crippen molar-refractivity contribution >= 4 is 27.5 Å². The van der Waals surface area contributed by atoms with Crippen molar-refractivity contribution in [3.8, 4) is 0 Å². The number of nitrogens with zero attached hydrogens (tertiary/aromatic N) is 1.